The molecule has 0 unspecified atom stereocenters. The molecule has 1 rings (SSSR count). The van der Waals surface area contributed by atoms with Gasteiger partial charge in [0.15, 0.2) is 0 Å². The molecule has 0 radical (unpaired) electrons. The number of amides is 1. The number of hydrogen-bond acceptors (Lipinski definition) is 3. The molecule has 0 saturated carbocycles. The summed E-state index contributed by atoms with van der Waals surface area (Å²) in [5.74, 6) is -0.549. The number of rotatable bonds is 1. The van der Waals surface area contributed by atoms with Crippen LogP contribution in [0.2, 0.25) is 0 Å². The van der Waals surface area contributed by atoms with Crippen LogP contribution in [0.4, 0.5) is 0 Å². The van der Waals surface area contributed by atoms with E-state index in [9.17, 15) is 4.79 Å². The van der Waals surface area contributed by atoms with Crippen molar-refractivity contribution in [3.8, 4) is 0 Å². The molecule has 0 spiro atoms. The van der Waals surface area contributed by atoms with E-state index in [0.29, 0.717) is 0 Å². The topological polar surface area (TPSA) is 68.9 Å². The van der Waals surface area contributed by atoms with Gasteiger partial charge in [-0.15, -0.1) is 0 Å². The molecular formula is C10H19N3O. The van der Waals surface area contributed by atoms with Gasteiger partial charge in [-0.25, -0.2) is 4.98 Å². The monoisotopic (exact) mass is 197 g/mol. The zero-order valence-corrected chi connectivity index (χ0v) is 9.53. The predicted molar refractivity (Wildman–Crippen MR) is 58.0 cm³/mol. The third-order valence-corrected chi connectivity index (χ3v) is 1.03. The van der Waals surface area contributed by atoms with Crippen LogP contribution >= 0.6 is 0 Å². The van der Waals surface area contributed by atoms with Crippen molar-refractivity contribution in [2.75, 3.05) is 0 Å². The van der Waals surface area contributed by atoms with Crippen molar-refractivity contribution in [3.63, 3.8) is 0 Å². The average Bonchev–Trinajstić information content (AvgIpc) is 2.24. The van der Waals surface area contributed by atoms with Crippen LogP contribution in [0.15, 0.2) is 12.4 Å². The number of aromatic nitrogens is 2. The fourth-order valence-electron chi connectivity index (χ4n) is 0.520. The SMILES string of the molecule is CC.CC.Cc1cnc(C(N)=O)cn1. The van der Waals surface area contributed by atoms with Crippen LogP contribution in [0.3, 0.4) is 0 Å². The summed E-state index contributed by atoms with van der Waals surface area (Å²) in [5, 5.41) is 0. The Kier molecular flexibility index (Phi) is 10.4. The molecule has 0 aromatic carbocycles. The van der Waals surface area contributed by atoms with Crippen molar-refractivity contribution in [2.45, 2.75) is 34.6 Å². The number of nitrogens with zero attached hydrogens (tertiary/aromatic N) is 2. The lowest BCUT2D eigenvalue weighted by atomic mass is 10.4. The molecule has 0 aliphatic rings. The summed E-state index contributed by atoms with van der Waals surface area (Å²) in [6.45, 7) is 9.79. The van der Waals surface area contributed by atoms with Crippen molar-refractivity contribution in [1.82, 2.24) is 9.97 Å². The van der Waals surface area contributed by atoms with Crippen LogP contribution in [0, 0.1) is 6.92 Å². The molecule has 2 N–H and O–H groups in total. The average molecular weight is 197 g/mol. The van der Waals surface area contributed by atoms with Gasteiger partial charge in [0, 0.05) is 6.20 Å². The zero-order valence-electron chi connectivity index (χ0n) is 9.53. The lowest BCUT2D eigenvalue weighted by Crippen LogP contribution is -2.13. The molecule has 0 fully saturated rings. The molecule has 0 bridgehead atoms. The summed E-state index contributed by atoms with van der Waals surface area (Å²) in [7, 11) is 0. The highest BCUT2D eigenvalue weighted by Gasteiger charge is 1.99. The molecule has 4 heteroatoms. The third-order valence-electron chi connectivity index (χ3n) is 1.03. The van der Waals surface area contributed by atoms with Crippen LogP contribution in [-0.2, 0) is 0 Å². The van der Waals surface area contributed by atoms with Gasteiger partial charge in [-0.2, -0.15) is 0 Å². The Labute approximate surface area is 85.6 Å². The van der Waals surface area contributed by atoms with Crippen LogP contribution in [0.25, 0.3) is 0 Å². The summed E-state index contributed by atoms with van der Waals surface area (Å²) in [4.78, 5) is 18.0. The second kappa shape index (κ2) is 9.64. The quantitative estimate of drug-likeness (QED) is 0.748. The molecule has 0 atom stereocenters. The first-order valence-electron chi connectivity index (χ1n) is 4.78. The molecule has 1 amide bonds. The smallest absolute Gasteiger partial charge is 0.268 e. The Hall–Kier alpha value is -1.45. The second-order valence-corrected chi connectivity index (χ2v) is 1.91. The minimum absolute atomic E-state index is 0.200. The first-order chi connectivity index (χ1) is 6.70. The van der Waals surface area contributed by atoms with E-state index in [2.05, 4.69) is 9.97 Å². The summed E-state index contributed by atoms with van der Waals surface area (Å²) in [6.07, 6.45) is 2.86. The molecule has 80 valence electrons. The summed E-state index contributed by atoms with van der Waals surface area (Å²) in [6, 6.07) is 0. The van der Waals surface area contributed by atoms with Crippen molar-refractivity contribution in [1.29, 1.82) is 0 Å². The molecule has 0 aliphatic carbocycles. The van der Waals surface area contributed by atoms with Gasteiger partial charge in [0.05, 0.1) is 11.9 Å². The van der Waals surface area contributed by atoms with Gasteiger partial charge in [-0.3, -0.25) is 9.78 Å². The molecule has 0 saturated heterocycles. The summed E-state index contributed by atoms with van der Waals surface area (Å²) in [5.41, 5.74) is 5.89. The summed E-state index contributed by atoms with van der Waals surface area (Å²) < 4.78 is 0. The van der Waals surface area contributed by atoms with E-state index >= 15 is 0 Å². The van der Waals surface area contributed by atoms with Gasteiger partial charge in [-0.1, -0.05) is 27.7 Å². The summed E-state index contributed by atoms with van der Waals surface area (Å²) >= 11 is 0. The number of aryl methyl sites for hydroxylation is 1. The van der Waals surface area contributed by atoms with E-state index in [-0.39, 0.29) is 5.69 Å². The Balaban J connectivity index is 0. The van der Waals surface area contributed by atoms with Crippen LogP contribution in [0.5, 0.6) is 0 Å². The number of hydrogen-bond donors (Lipinski definition) is 1. The standard InChI is InChI=1S/C6H7N3O.2C2H6/c1-4-2-9-5(3-8-4)6(7)10;2*1-2/h2-3H,1H3,(H2,7,10);2*1-2H3. The van der Waals surface area contributed by atoms with Gasteiger partial charge < -0.3 is 5.73 Å². The fourth-order valence-corrected chi connectivity index (χ4v) is 0.520. The third kappa shape index (κ3) is 6.11. The first kappa shape index (κ1) is 15.0. The van der Waals surface area contributed by atoms with E-state index in [1.807, 2.05) is 27.7 Å². The van der Waals surface area contributed by atoms with Crippen molar-refractivity contribution in [3.05, 3.63) is 23.8 Å². The molecular weight excluding hydrogens is 178 g/mol. The normalized spacial score (nSPS) is 7.50. The van der Waals surface area contributed by atoms with Crippen molar-refractivity contribution < 1.29 is 4.79 Å². The minimum atomic E-state index is -0.549. The Bertz CT molecular complexity index is 244. The maximum atomic E-state index is 10.4. The van der Waals surface area contributed by atoms with E-state index in [1.165, 1.54) is 12.4 Å². The minimum Gasteiger partial charge on any atom is -0.364 e. The zero-order chi connectivity index (χ0) is 11.6. The van der Waals surface area contributed by atoms with Gasteiger partial charge >= 0.3 is 0 Å². The Morgan fingerprint density at radius 1 is 1.14 bits per heavy atom. The predicted octanol–water partition coefficient (Wildman–Crippen LogP) is 1.94. The van der Waals surface area contributed by atoms with Crippen LogP contribution in [0.1, 0.15) is 43.9 Å². The van der Waals surface area contributed by atoms with E-state index < -0.39 is 5.91 Å². The highest BCUT2D eigenvalue weighted by molar-refractivity contribution is 5.90. The Morgan fingerprint density at radius 3 is 1.93 bits per heavy atom. The van der Waals surface area contributed by atoms with Gasteiger partial charge in [-0.05, 0) is 6.92 Å². The van der Waals surface area contributed by atoms with Crippen molar-refractivity contribution in [2.24, 2.45) is 5.73 Å². The molecule has 14 heavy (non-hydrogen) atoms. The first-order valence-corrected chi connectivity index (χ1v) is 4.78. The molecule has 4 nitrogen and oxygen atoms in total. The molecule has 1 heterocycles. The van der Waals surface area contributed by atoms with Gasteiger partial charge in [0.2, 0.25) is 0 Å². The highest BCUT2D eigenvalue weighted by Crippen LogP contribution is 1.91. The van der Waals surface area contributed by atoms with Crippen LogP contribution in [-0.4, -0.2) is 15.9 Å². The second-order valence-electron chi connectivity index (χ2n) is 1.91. The lowest BCUT2D eigenvalue weighted by molar-refractivity contribution is 0.0995. The number of carbonyl (C=O) groups is 1. The number of primary amides is 1. The number of nitrogens with two attached hydrogens (primary N) is 1. The van der Waals surface area contributed by atoms with Gasteiger partial charge in [0.1, 0.15) is 5.69 Å². The maximum Gasteiger partial charge on any atom is 0.268 e. The van der Waals surface area contributed by atoms with E-state index in [1.54, 1.807) is 6.92 Å². The molecule has 0 aliphatic heterocycles. The Morgan fingerprint density at radius 2 is 1.64 bits per heavy atom. The van der Waals surface area contributed by atoms with Crippen molar-refractivity contribution >= 4 is 5.91 Å². The largest absolute Gasteiger partial charge is 0.364 e. The molecule has 1 aromatic heterocycles. The fraction of sp³-hybridized carbons (Fsp3) is 0.500. The van der Waals surface area contributed by atoms with Crippen LogP contribution < -0.4 is 5.73 Å². The van der Waals surface area contributed by atoms with E-state index in [0.717, 1.165) is 5.69 Å². The highest BCUT2D eigenvalue weighted by atomic mass is 16.1. The van der Waals surface area contributed by atoms with Gasteiger partial charge in [0.25, 0.3) is 5.91 Å². The maximum absolute atomic E-state index is 10.4. The number of carbonyl (C=O) groups excluding carboxylic acids is 1. The lowest BCUT2D eigenvalue weighted by Gasteiger charge is -1.92. The van der Waals surface area contributed by atoms with E-state index in [4.69, 9.17) is 5.73 Å². The molecule has 1 aromatic rings.